The summed E-state index contributed by atoms with van der Waals surface area (Å²) < 4.78 is 50.2. The van der Waals surface area contributed by atoms with Crippen molar-refractivity contribution in [3.8, 4) is 50.8 Å². The van der Waals surface area contributed by atoms with Crippen LogP contribution in [0.4, 0.5) is 30.2 Å². The first-order chi connectivity index (χ1) is 30.2. The number of para-hydroxylation sites is 4. The monoisotopic (exact) mass is 804 g/mol. The van der Waals surface area contributed by atoms with Crippen molar-refractivity contribution in [2.45, 2.75) is 6.18 Å². The van der Waals surface area contributed by atoms with E-state index in [0.29, 0.717) is 33.4 Å². The fourth-order valence-electron chi connectivity index (χ4n) is 8.85. The van der Waals surface area contributed by atoms with Gasteiger partial charge in [-0.15, -0.1) is 0 Å². The Morgan fingerprint density at radius 1 is 0.452 bits per heavy atom. The number of fused-ring (bicyclic) bond motifs is 6. The maximum Gasteiger partial charge on any atom is 0.415 e. The van der Waals surface area contributed by atoms with E-state index in [1.807, 2.05) is 130 Å². The molecule has 0 saturated carbocycles. The highest BCUT2D eigenvalue weighted by Crippen LogP contribution is 2.50. The molecule has 2 aromatic heterocycles. The Balaban J connectivity index is 1.38. The van der Waals surface area contributed by atoms with Gasteiger partial charge in [-0.2, -0.15) is 18.4 Å². The summed E-state index contributed by atoms with van der Waals surface area (Å²) in [4.78, 5) is 11.2. The predicted octanol–water partition coefficient (Wildman–Crippen LogP) is 15.4. The third-order valence-electron chi connectivity index (χ3n) is 11.4. The molecular formula is C53H27F3N6. The number of nitriles is 1. The number of benzene rings is 8. The molecule has 0 fully saturated rings. The molecule has 0 bridgehead atoms. The van der Waals surface area contributed by atoms with Gasteiger partial charge in [-0.1, -0.05) is 115 Å². The third kappa shape index (κ3) is 5.77. The number of rotatable bonds is 5. The summed E-state index contributed by atoms with van der Waals surface area (Å²) >= 11 is 0. The molecule has 0 amide bonds. The molecule has 0 atom stereocenters. The second kappa shape index (κ2) is 14.4. The Bertz CT molecular complexity index is 3500. The summed E-state index contributed by atoms with van der Waals surface area (Å²) in [6.07, 6.45) is -4.86. The summed E-state index contributed by atoms with van der Waals surface area (Å²) in [6.45, 7) is 23.9. The van der Waals surface area contributed by atoms with Crippen LogP contribution in [0, 0.1) is 31.0 Å². The van der Waals surface area contributed by atoms with Crippen LogP contribution in [0.25, 0.3) is 103 Å². The minimum absolute atomic E-state index is 0.109. The largest absolute Gasteiger partial charge is 0.415 e. The molecule has 9 heteroatoms. The number of aromatic nitrogens is 2. The minimum Gasteiger partial charge on any atom is -0.309 e. The minimum atomic E-state index is -4.86. The molecule has 290 valence electrons. The van der Waals surface area contributed by atoms with Crippen LogP contribution in [0.2, 0.25) is 0 Å². The van der Waals surface area contributed by atoms with Crippen LogP contribution < -0.4 is 0 Å². The highest BCUT2D eigenvalue weighted by atomic mass is 19.4. The van der Waals surface area contributed by atoms with E-state index in [-0.39, 0.29) is 33.8 Å². The zero-order chi connectivity index (χ0) is 42.7. The third-order valence-corrected chi connectivity index (χ3v) is 11.4. The summed E-state index contributed by atoms with van der Waals surface area (Å²) in [5.74, 6) is 0. The number of alkyl halides is 3. The van der Waals surface area contributed by atoms with Gasteiger partial charge in [-0.05, 0) is 70.8 Å². The molecule has 0 N–H and O–H groups in total. The Morgan fingerprint density at radius 2 is 0.887 bits per heavy atom. The lowest BCUT2D eigenvalue weighted by Gasteiger charge is -2.24. The number of hydrogen-bond acceptors (Lipinski definition) is 1. The zero-order valence-electron chi connectivity index (χ0n) is 32.4. The first-order valence-electron chi connectivity index (χ1n) is 19.4. The van der Waals surface area contributed by atoms with Gasteiger partial charge in [0.15, 0.2) is 17.1 Å². The van der Waals surface area contributed by atoms with Gasteiger partial charge < -0.3 is 9.13 Å². The second-order valence-electron chi connectivity index (χ2n) is 14.7. The lowest BCUT2D eigenvalue weighted by molar-refractivity contribution is -0.137. The standard InChI is InChI=1S/C53H27F3N6/c1-58-42-18-8-4-13-35(42)33-23-25-47-39(29-33)37-15-6-10-21-45(37)61(47)49-27-32(31-57)28-50(52(49)51-41(53(54,55)56)17-12-20-44(51)60-3)62-46-22-11-7-16-38(46)40-30-34(24-26-48(40)62)36-14-5-9-19-43(36)59-2/h4-30H. The first kappa shape index (κ1) is 37.4. The molecule has 0 radical (unpaired) electrons. The van der Waals surface area contributed by atoms with Crippen molar-refractivity contribution in [3.63, 3.8) is 0 Å². The zero-order valence-corrected chi connectivity index (χ0v) is 32.4. The topological polar surface area (TPSA) is 46.7 Å². The SMILES string of the molecule is [C-]#[N+]c1ccccc1-c1ccc2c(c1)c1ccccc1n2-c1cc(C#N)cc(-n2c3ccccc3c3cc(-c4ccccc4[N+]#[C-])ccc32)c1-c1c([N+]#[C-])cccc1C(F)(F)F. The Hall–Kier alpha value is -8.89. The van der Waals surface area contributed by atoms with Crippen LogP contribution in [0.3, 0.4) is 0 Å². The molecule has 0 saturated heterocycles. The molecule has 62 heavy (non-hydrogen) atoms. The van der Waals surface area contributed by atoms with E-state index in [1.54, 1.807) is 24.3 Å². The predicted molar refractivity (Wildman–Crippen MR) is 240 cm³/mol. The lowest BCUT2D eigenvalue weighted by atomic mass is 9.92. The molecule has 0 spiro atoms. The van der Waals surface area contributed by atoms with Gasteiger partial charge in [0, 0.05) is 32.7 Å². The lowest BCUT2D eigenvalue weighted by Crippen LogP contribution is -2.11. The van der Waals surface area contributed by atoms with Crippen LogP contribution in [0.15, 0.2) is 164 Å². The summed E-state index contributed by atoms with van der Waals surface area (Å²) in [5, 5.41) is 13.9. The fourth-order valence-corrected chi connectivity index (χ4v) is 8.85. The van der Waals surface area contributed by atoms with E-state index in [0.717, 1.165) is 49.9 Å². The van der Waals surface area contributed by atoms with Gasteiger partial charge in [-0.25, -0.2) is 14.5 Å². The molecule has 0 aliphatic rings. The van der Waals surface area contributed by atoms with Crippen LogP contribution in [-0.2, 0) is 6.18 Å². The molecular weight excluding hydrogens is 778 g/mol. The first-order valence-corrected chi connectivity index (χ1v) is 19.4. The Labute approximate surface area is 353 Å². The smallest absolute Gasteiger partial charge is 0.309 e. The van der Waals surface area contributed by atoms with Crippen molar-refractivity contribution in [1.82, 2.24) is 9.13 Å². The quantitative estimate of drug-likeness (QED) is 0.160. The van der Waals surface area contributed by atoms with E-state index in [1.165, 1.54) is 12.1 Å². The average molecular weight is 805 g/mol. The molecule has 6 nitrogen and oxygen atoms in total. The van der Waals surface area contributed by atoms with Gasteiger partial charge in [0.1, 0.15) is 0 Å². The van der Waals surface area contributed by atoms with Crippen LogP contribution in [-0.4, -0.2) is 9.13 Å². The summed E-state index contributed by atoms with van der Waals surface area (Å²) in [6, 6.07) is 50.4. The summed E-state index contributed by atoms with van der Waals surface area (Å²) in [5.41, 5.74) is 5.99. The van der Waals surface area contributed by atoms with Crippen molar-refractivity contribution in [1.29, 1.82) is 5.26 Å². The van der Waals surface area contributed by atoms with E-state index >= 15 is 13.2 Å². The van der Waals surface area contributed by atoms with Crippen LogP contribution >= 0.6 is 0 Å². The number of halogens is 3. The summed E-state index contributed by atoms with van der Waals surface area (Å²) in [7, 11) is 0. The molecule has 0 aliphatic carbocycles. The van der Waals surface area contributed by atoms with Gasteiger partial charge in [0.2, 0.25) is 0 Å². The average Bonchev–Trinajstić information content (AvgIpc) is 3.82. The van der Waals surface area contributed by atoms with E-state index in [2.05, 4.69) is 20.6 Å². The van der Waals surface area contributed by atoms with Crippen LogP contribution in [0.1, 0.15) is 11.1 Å². The van der Waals surface area contributed by atoms with Gasteiger partial charge in [0.05, 0.1) is 70.4 Å². The Kier molecular flexibility index (Phi) is 8.70. The van der Waals surface area contributed by atoms with Crippen molar-refractivity contribution in [3.05, 3.63) is 209 Å². The van der Waals surface area contributed by atoms with Crippen molar-refractivity contribution in [2.24, 2.45) is 0 Å². The van der Waals surface area contributed by atoms with Crippen molar-refractivity contribution >= 4 is 60.7 Å². The normalized spacial score (nSPS) is 11.4. The molecule has 10 aromatic rings. The van der Waals surface area contributed by atoms with E-state index in [9.17, 15) is 5.26 Å². The molecule has 0 aliphatic heterocycles. The highest BCUT2D eigenvalue weighted by molar-refractivity contribution is 6.14. The molecule has 10 rings (SSSR count). The second-order valence-corrected chi connectivity index (χ2v) is 14.7. The Morgan fingerprint density at radius 3 is 1.35 bits per heavy atom. The van der Waals surface area contributed by atoms with E-state index in [4.69, 9.17) is 19.7 Å². The molecule has 0 unspecified atom stereocenters. The van der Waals surface area contributed by atoms with Gasteiger partial charge in [0.25, 0.3) is 0 Å². The molecule has 8 aromatic carbocycles. The maximum absolute atomic E-state index is 15.5. The van der Waals surface area contributed by atoms with E-state index < -0.39 is 11.7 Å². The number of hydrogen-bond donors (Lipinski definition) is 0. The van der Waals surface area contributed by atoms with Crippen molar-refractivity contribution in [2.75, 3.05) is 0 Å². The fraction of sp³-hybridized carbons (Fsp3) is 0.0189. The number of nitrogens with zero attached hydrogens (tertiary/aromatic N) is 6. The van der Waals surface area contributed by atoms with Gasteiger partial charge >= 0.3 is 6.18 Å². The van der Waals surface area contributed by atoms with Crippen molar-refractivity contribution < 1.29 is 13.2 Å². The maximum atomic E-state index is 15.5. The van der Waals surface area contributed by atoms with Gasteiger partial charge in [-0.3, -0.25) is 0 Å². The van der Waals surface area contributed by atoms with Crippen LogP contribution in [0.5, 0.6) is 0 Å². The highest BCUT2D eigenvalue weighted by Gasteiger charge is 2.37. The molecule has 2 heterocycles.